The van der Waals surface area contributed by atoms with Gasteiger partial charge in [-0.25, -0.2) is 0 Å². The van der Waals surface area contributed by atoms with Crippen LogP contribution in [-0.4, -0.2) is 56.5 Å². The minimum atomic E-state index is 0.0499. The van der Waals surface area contributed by atoms with Crippen LogP contribution >= 0.6 is 11.8 Å². The number of likely N-dealkylation sites (tertiary alicyclic amines) is 1. The Kier molecular flexibility index (Phi) is 5.73. The second kappa shape index (κ2) is 8.82. The predicted octanol–water partition coefficient (Wildman–Crippen LogP) is 3.51. The van der Waals surface area contributed by atoms with Crippen LogP contribution in [0.25, 0.3) is 5.69 Å². The molecule has 1 saturated heterocycles. The number of aromatic nitrogens is 4. The van der Waals surface area contributed by atoms with E-state index in [0.29, 0.717) is 18.4 Å². The first-order valence-electron chi connectivity index (χ1n) is 10.8. The number of carbonyl (C=O) groups is 1. The van der Waals surface area contributed by atoms with Crippen molar-refractivity contribution in [1.29, 1.82) is 0 Å². The Labute approximate surface area is 190 Å². The Morgan fingerprint density at radius 1 is 1.12 bits per heavy atom. The number of aryl methyl sites for hydroxylation is 2. The van der Waals surface area contributed by atoms with E-state index < -0.39 is 0 Å². The molecule has 1 amide bonds. The fourth-order valence-electron chi connectivity index (χ4n) is 4.26. The molecule has 1 aromatic heterocycles. The first-order chi connectivity index (χ1) is 15.6. The molecular weight excluding hydrogens is 426 g/mol. The zero-order chi connectivity index (χ0) is 22.1. The van der Waals surface area contributed by atoms with E-state index in [9.17, 15) is 4.79 Å². The second-order valence-corrected chi connectivity index (χ2v) is 9.04. The number of carbonyl (C=O) groups excluding carboxylic acids is 1. The molecule has 0 N–H and O–H groups in total. The van der Waals surface area contributed by atoms with Crippen molar-refractivity contribution < 1.29 is 14.3 Å². The van der Waals surface area contributed by atoms with Crippen LogP contribution in [0.15, 0.2) is 41.6 Å². The molecule has 1 fully saturated rings. The van der Waals surface area contributed by atoms with Crippen LogP contribution in [0, 0.1) is 13.8 Å². The van der Waals surface area contributed by atoms with Crippen molar-refractivity contribution in [3.63, 3.8) is 0 Å². The standard InChI is InChI=1S/C23H25N5O3S/c1-15-5-6-16(2)19(12-15)28-23(24-25-26-28)32-14-22(29)27-9-3-4-18(27)17-7-8-20-21(13-17)31-11-10-30-20/h5-8,12-13,18H,3-4,9-11,14H2,1-2H3. The van der Waals surface area contributed by atoms with Gasteiger partial charge in [-0.2, -0.15) is 4.68 Å². The number of nitrogens with zero attached hydrogens (tertiary/aromatic N) is 5. The van der Waals surface area contributed by atoms with Gasteiger partial charge >= 0.3 is 0 Å². The number of ether oxygens (including phenoxy) is 2. The first-order valence-corrected chi connectivity index (χ1v) is 11.8. The fraction of sp³-hybridized carbons (Fsp3) is 0.391. The summed E-state index contributed by atoms with van der Waals surface area (Å²) in [5, 5.41) is 12.8. The Hall–Kier alpha value is -3.07. The molecule has 8 nitrogen and oxygen atoms in total. The minimum Gasteiger partial charge on any atom is -0.486 e. The van der Waals surface area contributed by atoms with Gasteiger partial charge in [-0.15, -0.1) is 5.10 Å². The molecular formula is C23H25N5O3S. The number of tetrazole rings is 1. The summed E-state index contributed by atoms with van der Waals surface area (Å²) in [7, 11) is 0. The quantitative estimate of drug-likeness (QED) is 0.549. The van der Waals surface area contributed by atoms with Crippen LogP contribution in [0.1, 0.15) is 35.6 Å². The number of hydrogen-bond acceptors (Lipinski definition) is 7. The van der Waals surface area contributed by atoms with Crippen molar-refractivity contribution >= 4 is 17.7 Å². The Bertz CT molecular complexity index is 1150. The molecule has 3 heterocycles. The van der Waals surface area contributed by atoms with E-state index in [4.69, 9.17) is 9.47 Å². The van der Waals surface area contributed by atoms with Gasteiger partial charge in [0.15, 0.2) is 11.5 Å². The van der Waals surface area contributed by atoms with Crippen LogP contribution in [0.5, 0.6) is 11.5 Å². The van der Waals surface area contributed by atoms with E-state index in [1.54, 1.807) is 4.68 Å². The SMILES string of the molecule is Cc1ccc(C)c(-n2nnnc2SCC(=O)N2CCCC2c2ccc3c(c2)OCCO3)c1. The number of rotatable bonds is 5. The molecule has 0 radical (unpaired) electrons. The topological polar surface area (TPSA) is 82.4 Å². The molecule has 32 heavy (non-hydrogen) atoms. The average molecular weight is 452 g/mol. The highest BCUT2D eigenvalue weighted by molar-refractivity contribution is 7.99. The number of hydrogen-bond donors (Lipinski definition) is 0. The highest BCUT2D eigenvalue weighted by atomic mass is 32.2. The maximum absolute atomic E-state index is 13.2. The second-order valence-electron chi connectivity index (χ2n) is 8.10. The van der Waals surface area contributed by atoms with Gasteiger partial charge in [-0.3, -0.25) is 4.79 Å². The van der Waals surface area contributed by atoms with Crippen molar-refractivity contribution in [2.75, 3.05) is 25.5 Å². The van der Waals surface area contributed by atoms with E-state index in [-0.39, 0.29) is 17.7 Å². The van der Waals surface area contributed by atoms with Gasteiger partial charge in [0.05, 0.1) is 17.5 Å². The predicted molar refractivity (Wildman–Crippen MR) is 120 cm³/mol. The molecule has 1 unspecified atom stereocenters. The summed E-state index contributed by atoms with van der Waals surface area (Å²) in [6, 6.07) is 12.2. The Morgan fingerprint density at radius 3 is 2.84 bits per heavy atom. The summed E-state index contributed by atoms with van der Waals surface area (Å²) in [4.78, 5) is 15.1. The van der Waals surface area contributed by atoms with Gasteiger partial charge < -0.3 is 14.4 Å². The van der Waals surface area contributed by atoms with Gasteiger partial charge in [0.2, 0.25) is 11.1 Å². The van der Waals surface area contributed by atoms with Crippen LogP contribution < -0.4 is 9.47 Å². The van der Waals surface area contributed by atoms with Crippen molar-refractivity contribution in [3.8, 4) is 17.2 Å². The molecule has 9 heteroatoms. The molecule has 3 aromatic rings. The minimum absolute atomic E-state index is 0.0499. The molecule has 166 valence electrons. The maximum Gasteiger partial charge on any atom is 0.233 e. The average Bonchev–Trinajstić information content (AvgIpc) is 3.48. The lowest BCUT2D eigenvalue weighted by atomic mass is 10.0. The highest BCUT2D eigenvalue weighted by Crippen LogP contribution is 2.38. The van der Waals surface area contributed by atoms with Gasteiger partial charge in [0, 0.05) is 6.54 Å². The normalized spacial score (nSPS) is 17.6. The monoisotopic (exact) mass is 451 g/mol. The van der Waals surface area contributed by atoms with Crippen LogP contribution in [0.3, 0.4) is 0 Å². The lowest BCUT2D eigenvalue weighted by molar-refractivity contribution is -0.129. The van der Waals surface area contributed by atoms with E-state index in [1.165, 1.54) is 11.8 Å². The molecule has 0 aliphatic carbocycles. The molecule has 0 bridgehead atoms. The number of amides is 1. The molecule has 2 aliphatic rings. The van der Waals surface area contributed by atoms with Crippen LogP contribution in [-0.2, 0) is 4.79 Å². The summed E-state index contributed by atoms with van der Waals surface area (Å²) in [5.74, 6) is 1.90. The number of fused-ring (bicyclic) bond motifs is 1. The van der Waals surface area contributed by atoms with Crippen LogP contribution in [0.2, 0.25) is 0 Å². The van der Waals surface area contributed by atoms with Gasteiger partial charge in [-0.05, 0) is 72.0 Å². The lowest BCUT2D eigenvalue weighted by Crippen LogP contribution is -2.32. The lowest BCUT2D eigenvalue weighted by Gasteiger charge is -2.26. The third kappa shape index (κ3) is 4.04. The van der Waals surface area contributed by atoms with Crippen molar-refractivity contribution in [2.45, 2.75) is 37.9 Å². The fourth-order valence-corrected chi connectivity index (χ4v) is 5.03. The summed E-state index contributed by atoms with van der Waals surface area (Å²) in [5.41, 5.74) is 4.23. The molecule has 2 aliphatic heterocycles. The summed E-state index contributed by atoms with van der Waals surface area (Å²) in [6.45, 7) is 5.93. The molecule has 2 aromatic carbocycles. The van der Waals surface area contributed by atoms with Crippen LogP contribution in [0.4, 0.5) is 0 Å². The maximum atomic E-state index is 13.2. The van der Waals surface area contributed by atoms with E-state index in [0.717, 1.165) is 53.3 Å². The molecule has 5 rings (SSSR count). The number of thioether (sulfide) groups is 1. The van der Waals surface area contributed by atoms with E-state index in [2.05, 4.69) is 27.7 Å². The molecule has 0 spiro atoms. The van der Waals surface area contributed by atoms with Gasteiger partial charge in [-0.1, -0.05) is 30.0 Å². The smallest absolute Gasteiger partial charge is 0.233 e. The Morgan fingerprint density at radius 2 is 1.97 bits per heavy atom. The van der Waals surface area contributed by atoms with E-state index >= 15 is 0 Å². The van der Waals surface area contributed by atoms with Crippen molar-refractivity contribution in [3.05, 3.63) is 53.1 Å². The largest absolute Gasteiger partial charge is 0.486 e. The third-order valence-electron chi connectivity index (χ3n) is 5.88. The van der Waals surface area contributed by atoms with Crippen molar-refractivity contribution in [2.24, 2.45) is 0 Å². The van der Waals surface area contributed by atoms with Gasteiger partial charge in [0.25, 0.3) is 0 Å². The summed E-state index contributed by atoms with van der Waals surface area (Å²) >= 11 is 1.37. The van der Waals surface area contributed by atoms with E-state index in [1.807, 2.05) is 43.0 Å². The molecule has 1 atom stereocenters. The van der Waals surface area contributed by atoms with Gasteiger partial charge in [0.1, 0.15) is 13.2 Å². The first kappa shape index (κ1) is 20.8. The third-order valence-corrected chi connectivity index (χ3v) is 6.79. The Balaban J connectivity index is 1.30. The highest BCUT2D eigenvalue weighted by Gasteiger charge is 2.31. The zero-order valence-corrected chi connectivity index (χ0v) is 19.0. The van der Waals surface area contributed by atoms with Crippen molar-refractivity contribution in [1.82, 2.24) is 25.1 Å². The number of benzene rings is 2. The zero-order valence-electron chi connectivity index (χ0n) is 18.2. The summed E-state index contributed by atoms with van der Waals surface area (Å²) in [6.07, 6.45) is 1.92. The molecule has 0 saturated carbocycles. The summed E-state index contributed by atoms with van der Waals surface area (Å²) < 4.78 is 13.1.